The molecule has 16 heavy (non-hydrogen) atoms. The van der Waals surface area contributed by atoms with Gasteiger partial charge in [-0.15, -0.1) is 0 Å². The second-order valence-corrected chi connectivity index (χ2v) is 4.55. The molecule has 0 bridgehead atoms. The van der Waals surface area contributed by atoms with E-state index in [-0.39, 0.29) is 5.97 Å². The van der Waals surface area contributed by atoms with Crippen molar-refractivity contribution in [1.82, 2.24) is 0 Å². The Labute approximate surface area is 99.1 Å². The number of esters is 1. The molecular weight excluding hydrogens is 200 g/mol. The van der Waals surface area contributed by atoms with Crippen molar-refractivity contribution in [2.24, 2.45) is 0 Å². The molecule has 1 fully saturated rings. The molecule has 0 aromatic carbocycles. The maximum absolute atomic E-state index is 11.0. The first-order valence-corrected chi connectivity index (χ1v) is 6.72. The highest BCUT2D eigenvalue weighted by molar-refractivity contribution is 5.71. The second kappa shape index (κ2) is 8.37. The van der Waals surface area contributed by atoms with Gasteiger partial charge in [0.1, 0.15) is 5.76 Å². The monoisotopic (exact) mass is 224 g/mol. The lowest BCUT2D eigenvalue weighted by Gasteiger charge is -2.13. The summed E-state index contributed by atoms with van der Waals surface area (Å²) < 4.78 is 5.15. The quantitative estimate of drug-likeness (QED) is 0.475. The number of carbonyl (C=O) groups excluding carboxylic acids is 1. The van der Waals surface area contributed by atoms with Crippen molar-refractivity contribution in [3.8, 4) is 0 Å². The minimum Gasteiger partial charge on any atom is -0.431 e. The Morgan fingerprint density at radius 3 is 2.62 bits per heavy atom. The Balaban J connectivity index is 2.00. The number of hydrogen-bond donors (Lipinski definition) is 0. The summed E-state index contributed by atoms with van der Waals surface area (Å²) in [5, 5.41) is 0. The van der Waals surface area contributed by atoms with Crippen LogP contribution in [0.3, 0.4) is 0 Å². The van der Waals surface area contributed by atoms with Crippen LogP contribution in [0.1, 0.15) is 71.1 Å². The first kappa shape index (κ1) is 13.3. The van der Waals surface area contributed by atoms with Crippen molar-refractivity contribution in [1.29, 1.82) is 0 Å². The van der Waals surface area contributed by atoms with Gasteiger partial charge in [0, 0.05) is 12.8 Å². The standard InChI is InChI=1S/C14H24O2/c1-2-3-4-5-6-7-8-10-13-11-9-12-14(15)16-13/h10H,2-9,11-12H2,1H3/b13-10-. The third-order valence-corrected chi connectivity index (χ3v) is 2.98. The molecule has 92 valence electrons. The van der Waals surface area contributed by atoms with Crippen LogP contribution in [0.2, 0.25) is 0 Å². The smallest absolute Gasteiger partial charge is 0.310 e. The van der Waals surface area contributed by atoms with E-state index in [4.69, 9.17) is 4.74 Å². The van der Waals surface area contributed by atoms with Gasteiger partial charge in [0.25, 0.3) is 0 Å². The minimum absolute atomic E-state index is 0.0551. The molecule has 2 nitrogen and oxygen atoms in total. The highest BCUT2D eigenvalue weighted by atomic mass is 16.5. The van der Waals surface area contributed by atoms with E-state index >= 15 is 0 Å². The van der Waals surface area contributed by atoms with Gasteiger partial charge in [0.2, 0.25) is 0 Å². The van der Waals surface area contributed by atoms with Gasteiger partial charge in [0.05, 0.1) is 0 Å². The maximum Gasteiger partial charge on any atom is 0.310 e. The molecule has 1 aliphatic rings. The lowest BCUT2D eigenvalue weighted by molar-refractivity contribution is -0.141. The number of ether oxygens (including phenoxy) is 1. The van der Waals surface area contributed by atoms with Crippen molar-refractivity contribution in [2.75, 3.05) is 0 Å². The fourth-order valence-corrected chi connectivity index (χ4v) is 1.99. The van der Waals surface area contributed by atoms with E-state index in [0.29, 0.717) is 6.42 Å². The molecule has 2 heteroatoms. The van der Waals surface area contributed by atoms with E-state index in [2.05, 4.69) is 13.0 Å². The molecule has 1 saturated heterocycles. The summed E-state index contributed by atoms with van der Waals surface area (Å²) in [5.74, 6) is 0.852. The first-order valence-electron chi connectivity index (χ1n) is 6.72. The van der Waals surface area contributed by atoms with E-state index in [1.165, 1.54) is 38.5 Å². The van der Waals surface area contributed by atoms with Crippen LogP contribution in [-0.2, 0) is 9.53 Å². The molecular formula is C14H24O2. The summed E-state index contributed by atoms with van der Waals surface area (Å²) in [7, 11) is 0. The topological polar surface area (TPSA) is 26.3 Å². The third kappa shape index (κ3) is 5.94. The van der Waals surface area contributed by atoms with Crippen LogP contribution in [0, 0.1) is 0 Å². The molecule has 0 radical (unpaired) electrons. The summed E-state index contributed by atoms with van der Waals surface area (Å²) in [6.45, 7) is 2.24. The zero-order chi connectivity index (χ0) is 11.6. The lowest BCUT2D eigenvalue weighted by Crippen LogP contribution is -2.10. The molecule has 0 saturated carbocycles. The largest absolute Gasteiger partial charge is 0.431 e. The second-order valence-electron chi connectivity index (χ2n) is 4.55. The molecule has 0 aromatic heterocycles. The summed E-state index contributed by atoms with van der Waals surface area (Å²) in [6, 6.07) is 0. The van der Waals surface area contributed by atoms with Crippen LogP contribution in [0.15, 0.2) is 11.8 Å². The van der Waals surface area contributed by atoms with Crippen molar-refractivity contribution in [3.05, 3.63) is 11.8 Å². The zero-order valence-electron chi connectivity index (χ0n) is 10.5. The molecule has 0 aliphatic carbocycles. The van der Waals surface area contributed by atoms with E-state index in [0.717, 1.165) is 25.0 Å². The lowest BCUT2D eigenvalue weighted by atomic mass is 10.1. The van der Waals surface area contributed by atoms with Gasteiger partial charge in [-0.2, -0.15) is 0 Å². The predicted molar refractivity (Wildman–Crippen MR) is 66.0 cm³/mol. The van der Waals surface area contributed by atoms with Gasteiger partial charge < -0.3 is 4.74 Å². The van der Waals surface area contributed by atoms with Crippen molar-refractivity contribution in [2.45, 2.75) is 71.1 Å². The summed E-state index contributed by atoms with van der Waals surface area (Å²) >= 11 is 0. The average molecular weight is 224 g/mol. The fourth-order valence-electron chi connectivity index (χ4n) is 1.99. The molecule has 0 N–H and O–H groups in total. The molecule has 0 amide bonds. The number of unbranched alkanes of at least 4 members (excludes halogenated alkanes) is 6. The molecule has 1 rings (SSSR count). The third-order valence-electron chi connectivity index (χ3n) is 2.98. The van der Waals surface area contributed by atoms with Gasteiger partial charge in [-0.3, -0.25) is 4.79 Å². The fraction of sp³-hybridized carbons (Fsp3) is 0.786. The Morgan fingerprint density at radius 1 is 1.12 bits per heavy atom. The van der Waals surface area contributed by atoms with Gasteiger partial charge in [-0.25, -0.2) is 0 Å². The van der Waals surface area contributed by atoms with Gasteiger partial charge in [0.15, 0.2) is 0 Å². The molecule has 0 atom stereocenters. The molecule has 1 heterocycles. The maximum atomic E-state index is 11.0. The van der Waals surface area contributed by atoms with Crippen LogP contribution in [-0.4, -0.2) is 5.97 Å². The number of rotatable bonds is 7. The Kier molecular flexibility index (Phi) is 6.95. The zero-order valence-corrected chi connectivity index (χ0v) is 10.5. The van der Waals surface area contributed by atoms with Crippen LogP contribution < -0.4 is 0 Å². The van der Waals surface area contributed by atoms with Gasteiger partial charge in [-0.1, -0.05) is 39.0 Å². The first-order chi connectivity index (χ1) is 7.83. The van der Waals surface area contributed by atoms with Crippen LogP contribution >= 0.6 is 0 Å². The summed E-state index contributed by atoms with van der Waals surface area (Å²) in [6.07, 6.45) is 13.6. The van der Waals surface area contributed by atoms with E-state index in [1.54, 1.807) is 0 Å². The molecule has 0 unspecified atom stereocenters. The number of hydrogen-bond acceptors (Lipinski definition) is 2. The Morgan fingerprint density at radius 2 is 1.88 bits per heavy atom. The highest BCUT2D eigenvalue weighted by Crippen LogP contribution is 2.18. The van der Waals surface area contributed by atoms with Crippen LogP contribution in [0.4, 0.5) is 0 Å². The number of allylic oxidation sites excluding steroid dienone is 2. The predicted octanol–water partition coefficient (Wildman–Crippen LogP) is 4.35. The number of cyclic esters (lactones) is 1. The highest BCUT2D eigenvalue weighted by Gasteiger charge is 2.13. The van der Waals surface area contributed by atoms with Crippen molar-refractivity contribution >= 4 is 5.97 Å². The summed E-state index contributed by atoms with van der Waals surface area (Å²) in [4.78, 5) is 11.0. The molecule has 0 aromatic rings. The van der Waals surface area contributed by atoms with E-state index < -0.39 is 0 Å². The number of carbonyl (C=O) groups is 1. The minimum atomic E-state index is -0.0551. The van der Waals surface area contributed by atoms with E-state index in [1.807, 2.05) is 0 Å². The summed E-state index contributed by atoms with van der Waals surface area (Å²) in [5.41, 5.74) is 0. The Bertz CT molecular complexity index is 231. The average Bonchev–Trinajstić information content (AvgIpc) is 2.28. The molecule has 0 spiro atoms. The van der Waals surface area contributed by atoms with Crippen molar-refractivity contribution < 1.29 is 9.53 Å². The van der Waals surface area contributed by atoms with Gasteiger partial charge in [-0.05, 0) is 25.3 Å². The van der Waals surface area contributed by atoms with E-state index in [9.17, 15) is 4.79 Å². The molecule has 1 aliphatic heterocycles. The SMILES string of the molecule is CCCCCCCC/C=C1/CCCC(=O)O1. The Hall–Kier alpha value is -0.790. The van der Waals surface area contributed by atoms with Crippen LogP contribution in [0.25, 0.3) is 0 Å². The van der Waals surface area contributed by atoms with Crippen molar-refractivity contribution in [3.63, 3.8) is 0 Å². The normalized spacial score (nSPS) is 18.8. The van der Waals surface area contributed by atoms with Crippen LogP contribution in [0.5, 0.6) is 0 Å². The van der Waals surface area contributed by atoms with Gasteiger partial charge >= 0.3 is 5.97 Å².